The van der Waals surface area contributed by atoms with Gasteiger partial charge in [0.1, 0.15) is 35.0 Å². The van der Waals surface area contributed by atoms with E-state index < -0.39 is 29.7 Å². The molecule has 0 saturated carbocycles. The van der Waals surface area contributed by atoms with Crippen molar-refractivity contribution in [3.8, 4) is 10.8 Å². The minimum atomic E-state index is -1.05. The lowest BCUT2D eigenvalue weighted by Crippen LogP contribution is -2.54. The number of hydrogen-bond donors (Lipinski definition) is 3. The van der Waals surface area contributed by atoms with Crippen LogP contribution >= 0.6 is 22.9 Å². The van der Waals surface area contributed by atoms with Crippen molar-refractivity contribution in [1.29, 1.82) is 0 Å². The molecule has 0 aliphatic carbocycles. The molecule has 1 unspecified atom stereocenters. The number of imide groups is 2. The Morgan fingerprint density at radius 1 is 0.937 bits per heavy atom. The lowest BCUT2D eigenvalue weighted by molar-refractivity contribution is -0.136. The van der Waals surface area contributed by atoms with Gasteiger partial charge in [0, 0.05) is 71.1 Å². The number of rotatable bonds is 11. The van der Waals surface area contributed by atoms with Crippen LogP contribution in [-0.2, 0) is 14.4 Å². The average molecular weight is 887 g/mol. The molecule has 322 valence electrons. The van der Waals surface area contributed by atoms with Crippen LogP contribution < -0.4 is 20.7 Å². The molecule has 2 fully saturated rings. The van der Waals surface area contributed by atoms with Gasteiger partial charge in [0.25, 0.3) is 17.7 Å². The van der Waals surface area contributed by atoms with Crippen LogP contribution in [0.3, 0.4) is 0 Å². The number of anilines is 1. The maximum absolute atomic E-state index is 13.8. The smallest absolute Gasteiger partial charge is 0.264 e. The number of carbonyl (C=O) groups excluding carboxylic acids is 6. The zero-order valence-corrected chi connectivity index (χ0v) is 36.3. The summed E-state index contributed by atoms with van der Waals surface area (Å²) >= 11 is 7.96. The highest BCUT2D eigenvalue weighted by atomic mass is 35.5. The SMILES string of the molecule is Cc1sc2c(c1C)C(c1ccc(Cl)cc1)=C[C@@H](CC(=O)N[C@H]1CCN(C(=O)c3ccc(OCCNc4cccc5c4C(=O)N(C4CCC(=O)NC4=O)C5=O)cc3)C1)c1nnc(C)n1-2. The zero-order valence-electron chi connectivity index (χ0n) is 34.7. The number of aryl methyl sites for hydroxylation is 2. The molecule has 5 aromatic rings. The first-order valence-electron chi connectivity index (χ1n) is 20.8. The predicted octanol–water partition coefficient (Wildman–Crippen LogP) is 5.75. The number of benzene rings is 3. The molecule has 3 N–H and O–H groups in total. The molecule has 2 saturated heterocycles. The summed E-state index contributed by atoms with van der Waals surface area (Å²) in [5.74, 6) is -0.944. The van der Waals surface area contributed by atoms with Crippen LogP contribution in [0.2, 0.25) is 5.02 Å². The van der Waals surface area contributed by atoms with Crippen molar-refractivity contribution in [2.45, 2.75) is 64.5 Å². The minimum absolute atomic E-state index is 0.0392. The van der Waals surface area contributed by atoms with E-state index in [-0.39, 0.29) is 67.3 Å². The third kappa shape index (κ3) is 7.88. The summed E-state index contributed by atoms with van der Waals surface area (Å²) in [4.78, 5) is 81.8. The summed E-state index contributed by atoms with van der Waals surface area (Å²) in [5.41, 5.74) is 5.55. The number of aromatic nitrogens is 3. The summed E-state index contributed by atoms with van der Waals surface area (Å²) in [6.45, 7) is 7.51. The van der Waals surface area contributed by atoms with E-state index >= 15 is 0 Å². The molecular weight excluding hydrogens is 844 g/mol. The van der Waals surface area contributed by atoms with E-state index in [1.807, 2.05) is 31.2 Å². The standard InChI is InChI=1S/C46H43ClN8O7S/c1-24-25(2)63-46-39(24)34(27-7-11-30(47)12-8-27)21-29(41-52-51-26(3)54(41)46)22-38(57)49-31-17-19-53(23-31)43(59)28-9-13-32(14-10-28)62-20-18-48-35-6-4-5-33-40(35)45(61)55(44(33)60)36-15-16-37(56)50-42(36)58/h4-14,21,29,31,36,48H,15-20,22-23H2,1-3H3,(H,49,57)(H,50,56,58)/t29-,31-,36?/m0/s1. The largest absolute Gasteiger partial charge is 0.492 e. The highest BCUT2D eigenvalue weighted by molar-refractivity contribution is 7.15. The fourth-order valence-electron chi connectivity index (χ4n) is 8.77. The van der Waals surface area contributed by atoms with Gasteiger partial charge in [-0.15, -0.1) is 21.5 Å². The molecule has 0 spiro atoms. The van der Waals surface area contributed by atoms with Gasteiger partial charge in [-0.1, -0.05) is 35.9 Å². The molecule has 0 bridgehead atoms. The third-order valence-electron chi connectivity index (χ3n) is 12.0. The first-order chi connectivity index (χ1) is 30.4. The fourth-order valence-corrected chi connectivity index (χ4v) is 10.1. The summed E-state index contributed by atoms with van der Waals surface area (Å²) in [5, 5.41) is 19.2. The van der Waals surface area contributed by atoms with E-state index in [0.29, 0.717) is 47.4 Å². The molecule has 4 aliphatic rings. The van der Waals surface area contributed by atoms with Crippen LogP contribution in [0.1, 0.15) is 95.9 Å². The van der Waals surface area contributed by atoms with Crippen molar-refractivity contribution in [3.05, 3.63) is 128 Å². The summed E-state index contributed by atoms with van der Waals surface area (Å²) < 4.78 is 7.98. The van der Waals surface area contributed by atoms with Crippen LogP contribution in [-0.4, -0.2) is 98.3 Å². The Hall–Kier alpha value is -6.65. The van der Waals surface area contributed by atoms with Crippen LogP contribution in [0.4, 0.5) is 5.69 Å². The van der Waals surface area contributed by atoms with Crippen LogP contribution in [0.25, 0.3) is 10.6 Å². The number of halogens is 1. The fraction of sp³-hybridized carbons (Fsp3) is 0.304. The number of hydrogen-bond acceptors (Lipinski definition) is 11. The molecule has 4 aliphatic heterocycles. The normalized spacial score (nSPS) is 19.2. The van der Waals surface area contributed by atoms with Gasteiger partial charge in [0.15, 0.2) is 0 Å². The Balaban J connectivity index is 0.790. The molecule has 15 nitrogen and oxygen atoms in total. The first-order valence-corrected chi connectivity index (χ1v) is 22.0. The monoisotopic (exact) mass is 886 g/mol. The molecule has 63 heavy (non-hydrogen) atoms. The van der Waals surface area contributed by atoms with E-state index in [4.69, 9.17) is 16.3 Å². The lowest BCUT2D eigenvalue weighted by atomic mass is 9.92. The summed E-state index contributed by atoms with van der Waals surface area (Å²) in [6, 6.07) is 18.2. The first kappa shape index (κ1) is 41.7. The lowest BCUT2D eigenvalue weighted by Gasteiger charge is -2.27. The molecule has 6 amide bonds. The quantitative estimate of drug-likeness (QED) is 0.109. The Kier molecular flexibility index (Phi) is 11.2. The number of allylic oxidation sites excluding steroid dienone is 1. The van der Waals surface area contributed by atoms with Crippen molar-refractivity contribution < 1.29 is 33.5 Å². The zero-order chi connectivity index (χ0) is 44.1. The van der Waals surface area contributed by atoms with Crippen molar-refractivity contribution in [2.24, 2.45) is 0 Å². The topological polar surface area (TPSA) is 185 Å². The molecule has 2 aromatic heterocycles. The van der Waals surface area contributed by atoms with E-state index in [0.717, 1.165) is 32.4 Å². The molecule has 17 heteroatoms. The second-order valence-corrected chi connectivity index (χ2v) is 17.7. The average Bonchev–Trinajstić information content (AvgIpc) is 4.01. The molecule has 6 heterocycles. The highest BCUT2D eigenvalue weighted by Crippen LogP contribution is 2.44. The number of ether oxygens (including phenoxy) is 1. The number of amides is 6. The van der Waals surface area contributed by atoms with Gasteiger partial charge in [-0.25, -0.2) is 0 Å². The highest BCUT2D eigenvalue weighted by Gasteiger charge is 2.45. The Bertz CT molecular complexity index is 2740. The van der Waals surface area contributed by atoms with Crippen molar-refractivity contribution >= 4 is 69.6 Å². The van der Waals surface area contributed by atoms with E-state index in [1.165, 1.54) is 16.5 Å². The predicted molar refractivity (Wildman–Crippen MR) is 235 cm³/mol. The van der Waals surface area contributed by atoms with Gasteiger partial charge in [0.2, 0.25) is 17.7 Å². The van der Waals surface area contributed by atoms with Crippen LogP contribution in [0.15, 0.2) is 72.8 Å². The molecule has 0 radical (unpaired) electrons. The summed E-state index contributed by atoms with van der Waals surface area (Å²) in [7, 11) is 0. The van der Waals surface area contributed by atoms with Gasteiger partial charge >= 0.3 is 0 Å². The number of thiophene rings is 1. The van der Waals surface area contributed by atoms with Crippen molar-refractivity contribution in [1.82, 2.24) is 35.2 Å². The Labute approximate surface area is 371 Å². The number of nitrogens with one attached hydrogen (secondary N) is 3. The summed E-state index contributed by atoms with van der Waals surface area (Å²) in [6.07, 6.45) is 3.01. The third-order valence-corrected chi connectivity index (χ3v) is 13.5. The van der Waals surface area contributed by atoms with Gasteiger partial charge in [-0.3, -0.25) is 43.6 Å². The Morgan fingerprint density at radius 3 is 2.48 bits per heavy atom. The number of likely N-dealkylation sites (tertiary alicyclic amines) is 1. The van der Waals surface area contributed by atoms with E-state index in [2.05, 4.69) is 50.6 Å². The molecule has 3 atom stereocenters. The van der Waals surface area contributed by atoms with Crippen LogP contribution in [0.5, 0.6) is 5.75 Å². The van der Waals surface area contributed by atoms with Crippen LogP contribution in [0, 0.1) is 20.8 Å². The van der Waals surface area contributed by atoms with E-state index in [1.54, 1.807) is 52.6 Å². The number of piperidine rings is 1. The van der Waals surface area contributed by atoms with Gasteiger partial charge in [0.05, 0.1) is 11.1 Å². The van der Waals surface area contributed by atoms with E-state index in [9.17, 15) is 28.8 Å². The minimum Gasteiger partial charge on any atom is -0.492 e. The van der Waals surface area contributed by atoms with Crippen molar-refractivity contribution in [2.75, 3.05) is 31.6 Å². The Morgan fingerprint density at radius 2 is 1.71 bits per heavy atom. The van der Waals surface area contributed by atoms with Crippen molar-refractivity contribution in [3.63, 3.8) is 0 Å². The number of fused-ring (bicyclic) bond motifs is 4. The van der Waals surface area contributed by atoms with Gasteiger partial charge in [-0.2, -0.15) is 0 Å². The maximum atomic E-state index is 13.8. The van der Waals surface area contributed by atoms with Gasteiger partial charge < -0.3 is 20.3 Å². The second-order valence-electron chi connectivity index (χ2n) is 16.1. The number of carbonyl (C=O) groups is 6. The maximum Gasteiger partial charge on any atom is 0.264 e. The second kappa shape index (κ2) is 16.9. The number of nitrogens with zero attached hydrogens (tertiary/aromatic N) is 5. The molecule has 3 aromatic carbocycles. The van der Waals surface area contributed by atoms with Gasteiger partial charge in [-0.05, 0) is 98.8 Å². The molecular formula is C46H43ClN8O7S. The molecule has 9 rings (SSSR count).